The van der Waals surface area contributed by atoms with Gasteiger partial charge in [-0.3, -0.25) is 4.79 Å². The van der Waals surface area contributed by atoms with Gasteiger partial charge in [-0.25, -0.2) is 4.39 Å². The molecule has 0 bridgehead atoms. The number of carbonyl (C=O) groups is 1. The SMILES string of the molecule is CCCCCCCCC(F)C(F)(F)C(F)(F)C(=O)c1ccccc1. The number of halogens is 5. The maximum atomic E-state index is 13.9. The van der Waals surface area contributed by atoms with Gasteiger partial charge in [-0.05, 0) is 6.42 Å². The minimum atomic E-state index is -5.07. The molecule has 0 N–H and O–H groups in total. The summed E-state index contributed by atoms with van der Waals surface area (Å²) in [6.45, 7) is 2.02. The smallest absolute Gasteiger partial charge is 0.287 e. The molecule has 1 rings (SSSR count). The Morgan fingerprint density at radius 1 is 0.958 bits per heavy atom. The zero-order valence-corrected chi connectivity index (χ0v) is 13.7. The van der Waals surface area contributed by atoms with E-state index in [2.05, 4.69) is 0 Å². The molecule has 1 aromatic carbocycles. The number of benzene rings is 1. The zero-order chi connectivity index (χ0) is 18.2. The number of rotatable bonds is 11. The lowest BCUT2D eigenvalue weighted by atomic mass is 9.94. The molecule has 0 aliphatic carbocycles. The summed E-state index contributed by atoms with van der Waals surface area (Å²) in [4.78, 5) is 11.7. The Morgan fingerprint density at radius 3 is 2.08 bits per heavy atom. The van der Waals surface area contributed by atoms with Gasteiger partial charge >= 0.3 is 11.8 Å². The second-order valence-electron chi connectivity index (χ2n) is 5.92. The van der Waals surface area contributed by atoms with Crippen LogP contribution < -0.4 is 0 Å². The summed E-state index contributed by atoms with van der Waals surface area (Å²) in [6, 6.07) is 6.04. The van der Waals surface area contributed by atoms with Crippen LogP contribution in [0.25, 0.3) is 0 Å². The van der Waals surface area contributed by atoms with E-state index in [1.54, 1.807) is 0 Å². The fourth-order valence-corrected chi connectivity index (χ4v) is 2.40. The van der Waals surface area contributed by atoms with Crippen LogP contribution in [0.2, 0.25) is 0 Å². The van der Waals surface area contributed by atoms with Crippen molar-refractivity contribution in [3.05, 3.63) is 35.9 Å². The molecule has 0 saturated carbocycles. The minimum Gasteiger partial charge on any atom is -0.287 e. The minimum absolute atomic E-state index is 0.0933. The second kappa shape index (κ2) is 9.14. The molecule has 0 fully saturated rings. The van der Waals surface area contributed by atoms with Crippen molar-refractivity contribution in [2.24, 2.45) is 0 Å². The molecule has 0 heterocycles. The van der Waals surface area contributed by atoms with E-state index in [9.17, 15) is 26.7 Å². The standard InChI is InChI=1S/C18H23F5O/c1-2-3-4-5-6-10-13-15(19)17(20,21)18(22,23)16(24)14-11-8-7-9-12-14/h7-9,11-12,15H,2-6,10,13H2,1H3. The molecule has 1 atom stereocenters. The van der Waals surface area contributed by atoms with E-state index in [1.807, 2.05) is 6.92 Å². The van der Waals surface area contributed by atoms with Crippen LogP contribution in [0.3, 0.4) is 0 Å². The lowest BCUT2D eigenvalue weighted by Crippen LogP contribution is -2.52. The highest BCUT2D eigenvalue weighted by Gasteiger charge is 2.65. The highest BCUT2D eigenvalue weighted by Crippen LogP contribution is 2.42. The molecule has 0 amide bonds. The Hall–Kier alpha value is -1.46. The molecule has 0 radical (unpaired) electrons. The van der Waals surface area contributed by atoms with Gasteiger partial charge in [0.2, 0.25) is 5.78 Å². The lowest BCUT2D eigenvalue weighted by Gasteiger charge is -2.28. The number of ketones is 1. The van der Waals surface area contributed by atoms with Gasteiger partial charge in [0.1, 0.15) is 0 Å². The highest BCUT2D eigenvalue weighted by molar-refractivity contribution is 6.02. The number of carbonyl (C=O) groups excluding carboxylic acids is 1. The predicted octanol–water partition coefficient (Wildman–Crippen LogP) is 6.23. The summed E-state index contributed by atoms with van der Waals surface area (Å²) in [5.41, 5.74) is -0.561. The van der Waals surface area contributed by atoms with Gasteiger partial charge in [0.05, 0.1) is 0 Å². The average molecular weight is 350 g/mol. The van der Waals surface area contributed by atoms with Crippen LogP contribution in [0.4, 0.5) is 22.0 Å². The van der Waals surface area contributed by atoms with Crippen molar-refractivity contribution in [3.63, 3.8) is 0 Å². The molecule has 0 spiro atoms. The first-order valence-corrected chi connectivity index (χ1v) is 8.24. The molecule has 0 aliphatic heterocycles. The van der Waals surface area contributed by atoms with Crippen molar-refractivity contribution in [1.82, 2.24) is 0 Å². The number of alkyl halides is 5. The third-order valence-electron chi connectivity index (χ3n) is 3.94. The first-order chi connectivity index (χ1) is 11.2. The van der Waals surface area contributed by atoms with Crippen LogP contribution in [0.15, 0.2) is 30.3 Å². The number of hydrogen-bond donors (Lipinski definition) is 0. The van der Waals surface area contributed by atoms with Crippen LogP contribution >= 0.6 is 0 Å². The van der Waals surface area contributed by atoms with Gasteiger partial charge in [-0.15, -0.1) is 0 Å². The van der Waals surface area contributed by atoms with E-state index in [1.165, 1.54) is 18.2 Å². The fourth-order valence-electron chi connectivity index (χ4n) is 2.40. The predicted molar refractivity (Wildman–Crippen MR) is 83.6 cm³/mol. The van der Waals surface area contributed by atoms with Crippen molar-refractivity contribution >= 4 is 5.78 Å². The van der Waals surface area contributed by atoms with E-state index < -0.39 is 35.8 Å². The van der Waals surface area contributed by atoms with E-state index >= 15 is 0 Å². The normalized spacial score (nSPS) is 13.8. The Labute approximate surface area is 139 Å². The topological polar surface area (TPSA) is 17.1 Å². The van der Waals surface area contributed by atoms with Crippen LogP contribution in [0.5, 0.6) is 0 Å². The van der Waals surface area contributed by atoms with Gasteiger partial charge in [-0.1, -0.05) is 75.8 Å². The Balaban J connectivity index is 2.65. The van der Waals surface area contributed by atoms with Gasteiger partial charge in [-0.2, -0.15) is 17.6 Å². The van der Waals surface area contributed by atoms with Crippen molar-refractivity contribution < 1.29 is 26.7 Å². The molecular weight excluding hydrogens is 327 g/mol. The maximum Gasteiger partial charge on any atom is 0.374 e. The zero-order valence-electron chi connectivity index (χ0n) is 13.7. The summed E-state index contributed by atoms with van der Waals surface area (Å²) >= 11 is 0. The Kier molecular flexibility index (Phi) is 7.84. The van der Waals surface area contributed by atoms with Crippen LogP contribution in [0.1, 0.15) is 62.2 Å². The Bertz CT molecular complexity index is 501. The quantitative estimate of drug-likeness (QED) is 0.263. The summed E-state index contributed by atoms with van der Waals surface area (Å²) in [6.07, 6.45) is 0.544. The van der Waals surface area contributed by atoms with Gasteiger partial charge in [0, 0.05) is 5.56 Å². The van der Waals surface area contributed by atoms with Gasteiger partial charge < -0.3 is 0 Å². The monoisotopic (exact) mass is 350 g/mol. The van der Waals surface area contributed by atoms with Crippen LogP contribution in [0, 0.1) is 0 Å². The summed E-state index contributed by atoms with van der Waals surface area (Å²) in [7, 11) is 0. The molecule has 136 valence electrons. The van der Waals surface area contributed by atoms with Gasteiger partial charge in [0.15, 0.2) is 6.17 Å². The van der Waals surface area contributed by atoms with Crippen molar-refractivity contribution in [1.29, 1.82) is 0 Å². The molecule has 0 saturated heterocycles. The molecule has 1 unspecified atom stereocenters. The van der Waals surface area contributed by atoms with Crippen molar-refractivity contribution in [2.45, 2.75) is 69.9 Å². The fraction of sp³-hybridized carbons (Fsp3) is 0.611. The van der Waals surface area contributed by atoms with Crippen LogP contribution in [-0.4, -0.2) is 23.8 Å². The van der Waals surface area contributed by atoms with Gasteiger partial charge in [0.25, 0.3) is 0 Å². The molecule has 24 heavy (non-hydrogen) atoms. The highest BCUT2D eigenvalue weighted by atomic mass is 19.3. The number of hydrogen-bond acceptors (Lipinski definition) is 1. The second-order valence-corrected chi connectivity index (χ2v) is 5.92. The van der Waals surface area contributed by atoms with E-state index in [0.717, 1.165) is 37.8 Å². The molecule has 1 nitrogen and oxygen atoms in total. The first kappa shape index (κ1) is 20.6. The summed E-state index contributed by atoms with van der Waals surface area (Å²) in [5.74, 6) is -12.2. The van der Waals surface area contributed by atoms with Crippen molar-refractivity contribution in [3.8, 4) is 0 Å². The Morgan fingerprint density at radius 2 is 1.50 bits per heavy atom. The molecule has 1 aromatic rings. The van der Waals surface area contributed by atoms with E-state index in [4.69, 9.17) is 0 Å². The molecule has 6 heteroatoms. The van der Waals surface area contributed by atoms with E-state index in [0.29, 0.717) is 6.42 Å². The molecule has 0 aromatic heterocycles. The largest absolute Gasteiger partial charge is 0.374 e. The lowest BCUT2D eigenvalue weighted by molar-refractivity contribution is -0.212. The first-order valence-electron chi connectivity index (χ1n) is 8.24. The summed E-state index contributed by atoms with van der Waals surface area (Å²) in [5, 5.41) is 0. The maximum absolute atomic E-state index is 13.9. The third kappa shape index (κ3) is 5.02. The van der Waals surface area contributed by atoms with E-state index in [-0.39, 0.29) is 6.42 Å². The number of unbranched alkanes of at least 4 members (excludes halogenated alkanes) is 5. The molecule has 0 aliphatic rings. The number of Topliss-reactive ketones (excluding diaryl/α,β-unsaturated/α-hetero) is 1. The van der Waals surface area contributed by atoms with Crippen molar-refractivity contribution in [2.75, 3.05) is 0 Å². The van der Waals surface area contributed by atoms with Crippen LogP contribution in [-0.2, 0) is 0 Å². The summed E-state index contributed by atoms with van der Waals surface area (Å²) < 4.78 is 69.1. The average Bonchev–Trinajstić information content (AvgIpc) is 2.57. The molecular formula is C18H23F5O. The third-order valence-corrected chi connectivity index (χ3v) is 3.94.